The van der Waals surface area contributed by atoms with Gasteiger partial charge in [-0.25, -0.2) is 4.39 Å². The first-order valence-corrected chi connectivity index (χ1v) is 4.61. The summed E-state index contributed by atoms with van der Waals surface area (Å²) in [6, 6.07) is 3.65. The quantitative estimate of drug-likeness (QED) is 0.812. The number of rotatable bonds is 3. The Balaban J connectivity index is 2.81. The topological polar surface area (TPSA) is 46.5 Å². The van der Waals surface area contributed by atoms with E-state index in [0.29, 0.717) is 0 Å². The van der Waals surface area contributed by atoms with Crippen LogP contribution in [0, 0.1) is 5.82 Å². The van der Waals surface area contributed by atoms with Gasteiger partial charge in [-0.2, -0.15) is 0 Å². The van der Waals surface area contributed by atoms with Gasteiger partial charge < -0.3 is 9.84 Å². The minimum absolute atomic E-state index is 0.175. The molecule has 0 aliphatic heterocycles. The number of ether oxygens (including phenoxy) is 1. The van der Waals surface area contributed by atoms with E-state index in [2.05, 4.69) is 4.74 Å². The van der Waals surface area contributed by atoms with Gasteiger partial charge in [0.15, 0.2) is 0 Å². The Morgan fingerprint density at radius 1 is 1.60 bits per heavy atom. The molecule has 82 valence electrons. The fraction of sp³-hybridized carbons (Fsp3) is 0.300. The van der Waals surface area contributed by atoms with E-state index >= 15 is 0 Å². The molecule has 0 fully saturated rings. The molecule has 5 heteroatoms. The molecular weight excluding hydrogens is 223 g/mol. The lowest BCUT2D eigenvalue weighted by Gasteiger charge is -2.09. The highest BCUT2D eigenvalue weighted by Gasteiger charge is 2.14. The van der Waals surface area contributed by atoms with E-state index in [1.165, 1.54) is 13.2 Å². The SMILES string of the molecule is COC(=O)CC(O)c1cc(F)cc(Cl)c1. The minimum Gasteiger partial charge on any atom is -0.469 e. The zero-order chi connectivity index (χ0) is 11.4. The highest BCUT2D eigenvalue weighted by Crippen LogP contribution is 2.22. The van der Waals surface area contributed by atoms with Crippen molar-refractivity contribution < 1.29 is 19.0 Å². The van der Waals surface area contributed by atoms with Crippen LogP contribution in [-0.4, -0.2) is 18.2 Å². The lowest BCUT2D eigenvalue weighted by molar-refractivity contribution is -0.142. The van der Waals surface area contributed by atoms with Gasteiger partial charge in [0.25, 0.3) is 0 Å². The zero-order valence-electron chi connectivity index (χ0n) is 8.04. The molecule has 3 nitrogen and oxygen atoms in total. The number of aliphatic hydroxyl groups is 1. The third-order valence-electron chi connectivity index (χ3n) is 1.86. The van der Waals surface area contributed by atoms with E-state index in [9.17, 15) is 14.3 Å². The summed E-state index contributed by atoms with van der Waals surface area (Å²) in [5.41, 5.74) is 0.255. The van der Waals surface area contributed by atoms with Crippen LogP contribution in [0.3, 0.4) is 0 Å². The molecule has 0 saturated heterocycles. The lowest BCUT2D eigenvalue weighted by Crippen LogP contribution is -2.08. The predicted octanol–water partition coefficient (Wildman–Crippen LogP) is 2.08. The van der Waals surface area contributed by atoms with Crippen LogP contribution in [0.15, 0.2) is 18.2 Å². The summed E-state index contributed by atoms with van der Waals surface area (Å²) in [5, 5.41) is 9.72. The lowest BCUT2D eigenvalue weighted by atomic mass is 10.1. The van der Waals surface area contributed by atoms with Gasteiger partial charge in [-0.05, 0) is 23.8 Å². The zero-order valence-corrected chi connectivity index (χ0v) is 8.79. The average molecular weight is 233 g/mol. The predicted molar refractivity (Wildman–Crippen MR) is 53.0 cm³/mol. The number of hydrogen-bond donors (Lipinski definition) is 1. The second-order valence-electron chi connectivity index (χ2n) is 3.00. The summed E-state index contributed by atoms with van der Waals surface area (Å²) in [6.07, 6.45) is -1.33. The number of methoxy groups -OCH3 is 1. The van der Waals surface area contributed by atoms with Crippen LogP contribution in [0.2, 0.25) is 5.02 Å². The number of carbonyl (C=O) groups is 1. The van der Waals surface area contributed by atoms with Gasteiger partial charge in [0.1, 0.15) is 5.82 Å². The van der Waals surface area contributed by atoms with E-state index in [1.54, 1.807) is 0 Å². The Morgan fingerprint density at radius 3 is 2.80 bits per heavy atom. The highest BCUT2D eigenvalue weighted by atomic mass is 35.5. The average Bonchev–Trinajstić information content (AvgIpc) is 2.16. The molecule has 1 aromatic carbocycles. The maximum atomic E-state index is 12.9. The van der Waals surface area contributed by atoms with Crippen molar-refractivity contribution in [2.45, 2.75) is 12.5 Å². The molecular formula is C10H10ClFO3. The summed E-state index contributed by atoms with van der Waals surface area (Å²) in [4.78, 5) is 10.9. The molecule has 1 N–H and O–H groups in total. The molecule has 0 aromatic heterocycles. The first-order chi connectivity index (χ1) is 7.02. The summed E-state index contributed by atoms with van der Waals surface area (Å²) in [7, 11) is 1.22. The van der Waals surface area contributed by atoms with Crippen LogP contribution in [0.5, 0.6) is 0 Å². The molecule has 0 bridgehead atoms. The van der Waals surface area contributed by atoms with Crippen LogP contribution in [-0.2, 0) is 9.53 Å². The standard InChI is InChI=1S/C10H10ClFO3/c1-15-10(14)5-9(13)6-2-7(11)4-8(12)3-6/h2-4,9,13H,5H2,1H3. The summed E-state index contributed by atoms with van der Waals surface area (Å²) in [5.74, 6) is -1.12. The maximum absolute atomic E-state index is 12.9. The van der Waals surface area contributed by atoms with E-state index < -0.39 is 17.9 Å². The van der Waals surface area contributed by atoms with Gasteiger partial charge in [-0.1, -0.05) is 11.6 Å². The van der Waals surface area contributed by atoms with E-state index in [-0.39, 0.29) is 17.0 Å². The molecule has 1 unspecified atom stereocenters. The molecule has 0 heterocycles. The number of halogens is 2. The van der Waals surface area contributed by atoms with Crippen LogP contribution in [0.1, 0.15) is 18.1 Å². The summed E-state index contributed by atoms with van der Waals surface area (Å²) >= 11 is 5.60. The summed E-state index contributed by atoms with van der Waals surface area (Å²) < 4.78 is 17.3. The molecule has 0 spiro atoms. The van der Waals surface area contributed by atoms with Crippen LogP contribution in [0.25, 0.3) is 0 Å². The molecule has 1 rings (SSSR count). The number of carbonyl (C=O) groups excluding carboxylic acids is 1. The van der Waals surface area contributed by atoms with Crippen LogP contribution in [0.4, 0.5) is 4.39 Å². The van der Waals surface area contributed by atoms with E-state index in [0.717, 1.165) is 12.1 Å². The second-order valence-corrected chi connectivity index (χ2v) is 3.44. The minimum atomic E-state index is -1.11. The first kappa shape index (κ1) is 11.9. The van der Waals surface area contributed by atoms with Crippen molar-refractivity contribution in [1.82, 2.24) is 0 Å². The highest BCUT2D eigenvalue weighted by molar-refractivity contribution is 6.30. The second kappa shape index (κ2) is 5.09. The third-order valence-corrected chi connectivity index (χ3v) is 2.08. The fourth-order valence-corrected chi connectivity index (χ4v) is 1.36. The van der Waals surface area contributed by atoms with Gasteiger partial charge >= 0.3 is 5.97 Å². The Kier molecular flexibility index (Phi) is 4.05. The summed E-state index contributed by atoms with van der Waals surface area (Å²) in [6.45, 7) is 0. The Bertz CT molecular complexity index is 347. The monoisotopic (exact) mass is 232 g/mol. The third kappa shape index (κ3) is 3.49. The smallest absolute Gasteiger partial charge is 0.308 e. The number of aliphatic hydroxyl groups excluding tert-OH is 1. The molecule has 0 amide bonds. The van der Waals surface area contributed by atoms with Crippen molar-refractivity contribution in [1.29, 1.82) is 0 Å². The van der Waals surface area contributed by atoms with Gasteiger partial charge in [0.05, 0.1) is 19.6 Å². The van der Waals surface area contributed by atoms with Gasteiger partial charge in [0, 0.05) is 5.02 Å². The molecule has 1 atom stereocenters. The first-order valence-electron chi connectivity index (χ1n) is 4.24. The van der Waals surface area contributed by atoms with Crippen molar-refractivity contribution in [3.63, 3.8) is 0 Å². The van der Waals surface area contributed by atoms with Crippen molar-refractivity contribution in [2.75, 3.05) is 7.11 Å². The van der Waals surface area contributed by atoms with Gasteiger partial charge in [-0.15, -0.1) is 0 Å². The van der Waals surface area contributed by atoms with E-state index in [4.69, 9.17) is 11.6 Å². The molecule has 15 heavy (non-hydrogen) atoms. The molecule has 1 aromatic rings. The van der Waals surface area contributed by atoms with Crippen molar-refractivity contribution in [2.24, 2.45) is 0 Å². The Hall–Kier alpha value is -1.13. The number of hydrogen-bond acceptors (Lipinski definition) is 3. The maximum Gasteiger partial charge on any atom is 0.308 e. The van der Waals surface area contributed by atoms with Gasteiger partial charge in [0.2, 0.25) is 0 Å². The number of benzene rings is 1. The van der Waals surface area contributed by atoms with Crippen molar-refractivity contribution in [3.05, 3.63) is 34.6 Å². The fourth-order valence-electron chi connectivity index (χ4n) is 1.13. The van der Waals surface area contributed by atoms with Crippen molar-refractivity contribution in [3.8, 4) is 0 Å². The van der Waals surface area contributed by atoms with Crippen molar-refractivity contribution >= 4 is 17.6 Å². The Labute approximate surface area is 91.4 Å². The Morgan fingerprint density at radius 2 is 2.27 bits per heavy atom. The normalized spacial score (nSPS) is 12.3. The number of esters is 1. The van der Waals surface area contributed by atoms with Crippen LogP contribution < -0.4 is 0 Å². The molecule has 0 radical (unpaired) electrons. The molecule has 0 aliphatic carbocycles. The van der Waals surface area contributed by atoms with Crippen LogP contribution >= 0.6 is 11.6 Å². The largest absolute Gasteiger partial charge is 0.469 e. The molecule has 0 saturated carbocycles. The van der Waals surface area contributed by atoms with E-state index in [1.807, 2.05) is 0 Å². The van der Waals surface area contributed by atoms with Gasteiger partial charge in [-0.3, -0.25) is 4.79 Å². The molecule has 0 aliphatic rings.